The van der Waals surface area contributed by atoms with Crippen molar-refractivity contribution < 1.29 is 18.7 Å². The lowest BCUT2D eigenvalue weighted by Crippen LogP contribution is -1.99. The van der Waals surface area contributed by atoms with Crippen molar-refractivity contribution in [3.8, 4) is 21.9 Å². The van der Waals surface area contributed by atoms with Gasteiger partial charge in [-0.2, -0.15) is 0 Å². The highest BCUT2D eigenvalue weighted by Crippen LogP contribution is 2.30. The van der Waals surface area contributed by atoms with Gasteiger partial charge in [0.1, 0.15) is 5.75 Å². The van der Waals surface area contributed by atoms with E-state index in [1.165, 1.54) is 19.3 Å². The summed E-state index contributed by atoms with van der Waals surface area (Å²) in [5.74, 6) is 0.0393. The Bertz CT molecular complexity index is 962. The number of benzene rings is 2. The van der Waals surface area contributed by atoms with E-state index in [1.54, 1.807) is 42.5 Å². The van der Waals surface area contributed by atoms with Gasteiger partial charge in [-0.15, -0.1) is 11.3 Å². The lowest BCUT2D eigenvalue weighted by molar-refractivity contribution is 0.104. The lowest BCUT2D eigenvalue weighted by Gasteiger charge is -2.08. The zero-order valence-corrected chi connectivity index (χ0v) is 15.9. The molecule has 138 valence electrons. The average molecular weight is 382 g/mol. The number of hydrogen-bond donors (Lipinski definition) is 0. The fraction of sp³-hybridized carbons (Fsp3) is 0.136. The molecule has 27 heavy (non-hydrogen) atoms. The first kappa shape index (κ1) is 18.9. The quantitative estimate of drug-likeness (QED) is 0.379. The summed E-state index contributed by atoms with van der Waals surface area (Å²) in [4.78, 5) is 13.8. The van der Waals surface area contributed by atoms with Gasteiger partial charge in [-0.05, 0) is 65.9 Å². The highest BCUT2D eigenvalue weighted by Gasteiger charge is 2.12. The van der Waals surface area contributed by atoms with Crippen molar-refractivity contribution in [2.75, 3.05) is 13.7 Å². The van der Waals surface area contributed by atoms with Crippen LogP contribution in [0.5, 0.6) is 11.5 Å². The van der Waals surface area contributed by atoms with Crippen molar-refractivity contribution in [2.45, 2.75) is 6.92 Å². The van der Waals surface area contributed by atoms with E-state index in [1.807, 2.05) is 29.6 Å². The molecule has 0 fully saturated rings. The van der Waals surface area contributed by atoms with E-state index < -0.39 is 5.82 Å². The van der Waals surface area contributed by atoms with Crippen LogP contribution in [0.15, 0.2) is 60.0 Å². The van der Waals surface area contributed by atoms with E-state index in [9.17, 15) is 9.18 Å². The van der Waals surface area contributed by atoms with Crippen LogP contribution in [0.4, 0.5) is 4.39 Å². The SMILES string of the molecule is CCOc1ccc(/C=C/C(=O)c2cc(-c3cccs3)ccc2OC)cc1F. The van der Waals surface area contributed by atoms with E-state index in [0.717, 1.165) is 10.4 Å². The molecule has 0 radical (unpaired) electrons. The Morgan fingerprint density at radius 3 is 2.63 bits per heavy atom. The molecule has 1 heterocycles. The number of hydrogen-bond acceptors (Lipinski definition) is 4. The van der Waals surface area contributed by atoms with Gasteiger partial charge in [0, 0.05) is 4.88 Å². The Kier molecular flexibility index (Phi) is 6.04. The Balaban J connectivity index is 1.86. The summed E-state index contributed by atoms with van der Waals surface area (Å²) in [5, 5.41) is 1.99. The van der Waals surface area contributed by atoms with Gasteiger partial charge >= 0.3 is 0 Å². The first-order chi connectivity index (χ1) is 13.1. The van der Waals surface area contributed by atoms with Crippen LogP contribution in [0, 0.1) is 5.82 Å². The molecule has 0 spiro atoms. The molecule has 3 aromatic rings. The largest absolute Gasteiger partial charge is 0.496 e. The molecule has 0 saturated heterocycles. The maximum atomic E-state index is 14.0. The molecular formula is C22H19FO3S. The highest BCUT2D eigenvalue weighted by atomic mass is 32.1. The lowest BCUT2D eigenvalue weighted by atomic mass is 10.0. The Morgan fingerprint density at radius 2 is 1.96 bits per heavy atom. The van der Waals surface area contributed by atoms with Gasteiger partial charge in [0.05, 0.1) is 19.3 Å². The third-order valence-corrected chi connectivity index (χ3v) is 4.87. The summed E-state index contributed by atoms with van der Waals surface area (Å²) in [6.45, 7) is 2.19. The van der Waals surface area contributed by atoms with Gasteiger partial charge in [0.25, 0.3) is 0 Å². The second-order valence-corrected chi connectivity index (χ2v) is 6.66. The maximum Gasteiger partial charge on any atom is 0.189 e. The molecule has 0 saturated carbocycles. The Morgan fingerprint density at radius 1 is 1.15 bits per heavy atom. The van der Waals surface area contributed by atoms with Crippen LogP contribution in [0.2, 0.25) is 0 Å². The highest BCUT2D eigenvalue weighted by molar-refractivity contribution is 7.13. The molecule has 2 aromatic carbocycles. The standard InChI is InChI=1S/C22H19FO3S/c1-3-26-21-10-7-15(13-18(21)23)6-9-19(24)17-14-16(8-11-20(17)25-2)22-5-4-12-27-22/h4-14H,3H2,1-2H3/b9-6+. The third kappa shape index (κ3) is 4.44. The van der Waals surface area contributed by atoms with E-state index in [4.69, 9.17) is 9.47 Å². The molecule has 0 amide bonds. The molecule has 3 nitrogen and oxygen atoms in total. The van der Waals surface area contributed by atoms with Crippen LogP contribution in [-0.2, 0) is 0 Å². The number of methoxy groups -OCH3 is 1. The second kappa shape index (κ2) is 8.64. The summed E-state index contributed by atoms with van der Waals surface area (Å²) >= 11 is 1.60. The fourth-order valence-electron chi connectivity index (χ4n) is 2.65. The molecule has 1 aromatic heterocycles. The van der Waals surface area contributed by atoms with Gasteiger partial charge in [0.2, 0.25) is 0 Å². The van der Waals surface area contributed by atoms with E-state index in [2.05, 4.69) is 0 Å². The normalized spacial score (nSPS) is 10.9. The van der Waals surface area contributed by atoms with Crippen LogP contribution >= 0.6 is 11.3 Å². The topological polar surface area (TPSA) is 35.5 Å². The monoisotopic (exact) mass is 382 g/mol. The Hall–Kier alpha value is -2.92. The molecule has 0 bridgehead atoms. The van der Waals surface area contributed by atoms with Crippen molar-refractivity contribution in [2.24, 2.45) is 0 Å². The molecule has 0 atom stereocenters. The van der Waals surface area contributed by atoms with E-state index >= 15 is 0 Å². The number of ketones is 1. The number of allylic oxidation sites excluding steroid dienone is 1. The van der Waals surface area contributed by atoms with Gasteiger partial charge in [-0.1, -0.05) is 18.2 Å². The van der Waals surface area contributed by atoms with Crippen molar-refractivity contribution >= 4 is 23.2 Å². The summed E-state index contributed by atoms with van der Waals surface area (Å²) in [6.07, 6.45) is 3.00. The number of rotatable bonds is 7. The maximum absolute atomic E-state index is 14.0. The van der Waals surface area contributed by atoms with E-state index in [0.29, 0.717) is 23.5 Å². The zero-order chi connectivity index (χ0) is 19.2. The number of thiophene rings is 1. The zero-order valence-electron chi connectivity index (χ0n) is 15.1. The summed E-state index contributed by atoms with van der Waals surface area (Å²) in [6, 6.07) is 14.1. The van der Waals surface area contributed by atoms with Gasteiger partial charge in [-0.3, -0.25) is 4.79 Å². The molecule has 3 rings (SSSR count). The molecule has 0 aliphatic carbocycles. The predicted octanol–water partition coefficient (Wildman–Crippen LogP) is 5.86. The minimum atomic E-state index is -0.455. The van der Waals surface area contributed by atoms with Crippen molar-refractivity contribution in [1.29, 1.82) is 0 Å². The molecular weight excluding hydrogens is 363 g/mol. The minimum absolute atomic E-state index is 0.200. The second-order valence-electron chi connectivity index (χ2n) is 5.71. The number of carbonyl (C=O) groups is 1. The molecule has 0 aliphatic heterocycles. The predicted molar refractivity (Wildman–Crippen MR) is 107 cm³/mol. The van der Waals surface area contributed by atoms with Crippen molar-refractivity contribution in [3.63, 3.8) is 0 Å². The van der Waals surface area contributed by atoms with Crippen molar-refractivity contribution in [3.05, 3.63) is 76.9 Å². The van der Waals surface area contributed by atoms with Crippen molar-refractivity contribution in [1.82, 2.24) is 0 Å². The number of halogens is 1. The number of ether oxygens (including phenoxy) is 2. The summed E-state index contributed by atoms with van der Waals surface area (Å²) in [5.41, 5.74) is 2.00. The van der Waals surface area contributed by atoms with E-state index in [-0.39, 0.29) is 11.5 Å². The van der Waals surface area contributed by atoms with Gasteiger partial charge in [0.15, 0.2) is 17.3 Å². The molecule has 5 heteroatoms. The first-order valence-corrected chi connectivity index (χ1v) is 9.37. The molecule has 0 aliphatic rings. The van der Waals surface area contributed by atoms with Crippen LogP contribution in [0.25, 0.3) is 16.5 Å². The molecule has 0 unspecified atom stereocenters. The Labute approximate surface area is 161 Å². The molecule has 0 N–H and O–H groups in total. The minimum Gasteiger partial charge on any atom is -0.496 e. The average Bonchev–Trinajstić information content (AvgIpc) is 3.22. The van der Waals surface area contributed by atoms with Gasteiger partial charge < -0.3 is 9.47 Å². The van der Waals surface area contributed by atoms with Crippen LogP contribution < -0.4 is 9.47 Å². The summed E-state index contributed by atoms with van der Waals surface area (Å²) in [7, 11) is 1.53. The summed E-state index contributed by atoms with van der Waals surface area (Å²) < 4.78 is 24.5. The fourth-order valence-corrected chi connectivity index (χ4v) is 3.38. The smallest absolute Gasteiger partial charge is 0.189 e. The number of carbonyl (C=O) groups excluding carboxylic acids is 1. The third-order valence-electron chi connectivity index (χ3n) is 3.95. The van der Waals surface area contributed by atoms with Gasteiger partial charge in [-0.25, -0.2) is 4.39 Å². The first-order valence-electron chi connectivity index (χ1n) is 8.49. The van der Waals surface area contributed by atoms with Crippen LogP contribution in [0.1, 0.15) is 22.8 Å². The van der Waals surface area contributed by atoms with Crippen LogP contribution in [-0.4, -0.2) is 19.5 Å². The van der Waals surface area contributed by atoms with Crippen LogP contribution in [0.3, 0.4) is 0 Å².